The van der Waals surface area contributed by atoms with Crippen molar-refractivity contribution in [2.24, 2.45) is 0 Å². The fourth-order valence-corrected chi connectivity index (χ4v) is 0.899. The summed E-state index contributed by atoms with van der Waals surface area (Å²) in [6.07, 6.45) is 2.27. The quantitative estimate of drug-likeness (QED) is 0.348. The minimum absolute atomic E-state index is 0. The van der Waals surface area contributed by atoms with Crippen molar-refractivity contribution in [3.63, 3.8) is 0 Å². The van der Waals surface area contributed by atoms with Crippen LogP contribution in [-0.4, -0.2) is 19.2 Å². The van der Waals surface area contributed by atoms with Gasteiger partial charge >= 0.3 is 18.9 Å². The average molecular weight is 107 g/mol. The van der Waals surface area contributed by atoms with Gasteiger partial charge < -0.3 is 10.4 Å². The van der Waals surface area contributed by atoms with E-state index in [1.165, 1.54) is 6.42 Å². The summed E-state index contributed by atoms with van der Waals surface area (Å²) in [6, 6.07) is 0.292. The molecule has 1 fully saturated rings. The molecule has 1 saturated heterocycles. The standard InChI is InChI=1S/C5H10NO.Li/c7-4-5-2-1-3-6-5;/h5-6H,1-4H2;/q-1;+1/t5-;/m0./s1. The van der Waals surface area contributed by atoms with E-state index in [9.17, 15) is 5.11 Å². The number of nitrogens with one attached hydrogen (secondary N) is 1. The third-order valence-electron chi connectivity index (χ3n) is 1.36. The van der Waals surface area contributed by atoms with Gasteiger partial charge in [-0.05, 0) is 25.4 Å². The van der Waals surface area contributed by atoms with Crippen molar-refractivity contribution in [1.82, 2.24) is 5.32 Å². The van der Waals surface area contributed by atoms with Crippen LogP contribution in [0.2, 0.25) is 0 Å². The Hall–Kier alpha value is 0.517. The second-order valence-electron chi connectivity index (χ2n) is 1.96. The molecule has 1 aliphatic heterocycles. The van der Waals surface area contributed by atoms with E-state index in [1.54, 1.807) is 0 Å². The molecule has 2 nitrogen and oxygen atoms in total. The van der Waals surface area contributed by atoms with Crippen molar-refractivity contribution in [1.29, 1.82) is 0 Å². The summed E-state index contributed by atoms with van der Waals surface area (Å²) in [5, 5.41) is 13.2. The van der Waals surface area contributed by atoms with Crippen molar-refractivity contribution in [3.8, 4) is 0 Å². The van der Waals surface area contributed by atoms with Crippen LogP contribution >= 0.6 is 0 Å². The molecule has 0 spiro atoms. The molecule has 1 aliphatic rings. The van der Waals surface area contributed by atoms with Gasteiger partial charge in [-0.2, -0.15) is 0 Å². The Morgan fingerprint density at radius 3 is 2.62 bits per heavy atom. The van der Waals surface area contributed by atoms with E-state index >= 15 is 0 Å². The Morgan fingerprint density at radius 2 is 2.38 bits per heavy atom. The van der Waals surface area contributed by atoms with Gasteiger partial charge in [0.25, 0.3) is 0 Å². The molecule has 0 saturated carbocycles. The normalized spacial score (nSPS) is 27.4. The Bertz CT molecular complexity index is 54.4. The van der Waals surface area contributed by atoms with Crippen LogP contribution in [0.4, 0.5) is 0 Å². The molecule has 0 aromatic carbocycles. The minimum atomic E-state index is 0. The van der Waals surface area contributed by atoms with Gasteiger partial charge in [0.05, 0.1) is 0 Å². The number of rotatable bonds is 1. The van der Waals surface area contributed by atoms with E-state index in [4.69, 9.17) is 0 Å². The van der Waals surface area contributed by atoms with Crippen molar-refractivity contribution in [2.75, 3.05) is 13.2 Å². The van der Waals surface area contributed by atoms with E-state index in [0.29, 0.717) is 6.04 Å². The molecule has 0 amide bonds. The zero-order valence-corrected chi connectivity index (χ0v) is 5.31. The van der Waals surface area contributed by atoms with Gasteiger partial charge in [0, 0.05) is 0 Å². The Kier molecular flexibility index (Phi) is 4.69. The predicted octanol–water partition coefficient (Wildman–Crippen LogP) is -3.90. The maximum absolute atomic E-state index is 10.1. The van der Waals surface area contributed by atoms with Gasteiger partial charge in [-0.3, -0.25) is 0 Å². The first-order valence-corrected chi connectivity index (χ1v) is 2.75. The molecule has 1 heterocycles. The Labute approximate surface area is 61.8 Å². The van der Waals surface area contributed by atoms with Crippen LogP contribution < -0.4 is 29.3 Å². The van der Waals surface area contributed by atoms with Gasteiger partial charge in [-0.1, -0.05) is 0 Å². The fourth-order valence-electron chi connectivity index (χ4n) is 0.899. The summed E-state index contributed by atoms with van der Waals surface area (Å²) in [7, 11) is 0. The van der Waals surface area contributed by atoms with Crippen LogP contribution in [0.15, 0.2) is 0 Å². The van der Waals surface area contributed by atoms with Crippen LogP contribution in [0.5, 0.6) is 0 Å². The zero-order chi connectivity index (χ0) is 5.11. The largest absolute Gasteiger partial charge is 1.00 e. The third-order valence-corrected chi connectivity index (χ3v) is 1.36. The molecule has 1 N–H and O–H groups in total. The van der Waals surface area contributed by atoms with Gasteiger partial charge in [0.15, 0.2) is 0 Å². The molecule has 0 aliphatic carbocycles. The Morgan fingerprint density at radius 1 is 1.62 bits per heavy atom. The molecule has 0 aromatic heterocycles. The summed E-state index contributed by atoms with van der Waals surface area (Å²) >= 11 is 0. The molecule has 1 rings (SSSR count). The second-order valence-corrected chi connectivity index (χ2v) is 1.96. The summed E-state index contributed by atoms with van der Waals surface area (Å²) < 4.78 is 0. The van der Waals surface area contributed by atoms with E-state index < -0.39 is 0 Å². The summed E-state index contributed by atoms with van der Waals surface area (Å²) in [5.41, 5.74) is 0. The van der Waals surface area contributed by atoms with Crippen molar-refractivity contribution in [3.05, 3.63) is 0 Å². The van der Waals surface area contributed by atoms with Crippen LogP contribution in [0, 0.1) is 0 Å². The van der Waals surface area contributed by atoms with Gasteiger partial charge in [0.2, 0.25) is 0 Å². The molecule has 0 radical (unpaired) electrons. The van der Waals surface area contributed by atoms with Crippen molar-refractivity contribution < 1.29 is 24.0 Å². The molecular formula is C5H10LiNO. The molecule has 0 bridgehead atoms. The summed E-state index contributed by atoms with van der Waals surface area (Å²) in [6.45, 7) is 1.10. The van der Waals surface area contributed by atoms with E-state index in [2.05, 4.69) is 5.32 Å². The topological polar surface area (TPSA) is 35.1 Å². The van der Waals surface area contributed by atoms with Crippen molar-refractivity contribution in [2.45, 2.75) is 18.9 Å². The molecule has 42 valence electrons. The fraction of sp³-hybridized carbons (Fsp3) is 1.00. The smallest absolute Gasteiger partial charge is 0.853 e. The van der Waals surface area contributed by atoms with Crippen LogP contribution in [-0.2, 0) is 0 Å². The van der Waals surface area contributed by atoms with Crippen LogP contribution in [0.25, 0.3) is 0 Å². The zero-order valence-electron chi connectivity index (χ0n) is 5.31. The van der Waals surface area contributed by atoms with E-state index in [0.717, 1.165) is 13.0 Å². The first kappa shape index (κ1) is 8.52. The SMILES string of the molecule is [Li+].[O-]C[C@@H]1CCCN1. The average Bonchev–Trinajstić information content (AvgIpc) is 2.14. The number of hydrogen-bond donors (Lipinski definition) is 1. The molecule has 1 atom stereocenters. The molecule has 0 aromatic rings. The maximum atomic E-state index is 10.1. The van der Waals surface area contributed by atoms with Crippen molar-refractivity contribution >= 4 is 0 Å². The van der Waals surface area contributed by atoms with Crippen LogP contribution in [0.3, 0.4) is 0 Å². The number of hydrogen-bond acceptors (Lipinski definition) is 2. The third kappa shape index (κ3) is 2.19. The maximum Gasteiger partial charge on any atom is 1.00 e. The summed E-state index contributed by atoms with van der Waals surface area (Å²) in [5.74, 6) is 0. The molecular weight excluding hydrogens is 97.0 g/mol. The van der Waals surface area contributed by atoms with Gasteiger partial charge in [0.1, 0.15) is 0 Å². The van der Waals surface area contributed by atoms with E-state index in [-0.39, 0.29) is 25.5 Å². The first-order valence-electron chi connectivity index (χ1n) is 2.75. The Balaban J connectivity index is 0.000000490. The molecule has 0 unspecified atom stereocenters. The van der Waals surface area contributed by atoms with Crippen LogP contribution in [0.1, 0.15) is 12.8 Å². The predicted molar refractivity (Wildman–Crippen MR) is 25.9 cm³/mol. The van der Waals surface area contributed by atoms with Gasteiger partial charge in [-0.25, -0.2) is 0 Å². The van der Waals surface area contributed by atoms with Gasteiger partial charge in [-0.15, -0.1) is 6.61 Å². The molecule has 8 heavy (non-hydrogen) atoms. The molecule has 3 heteroatoms. The summed E-state index contributed by atoms with van der Waals surface area (Å²) in [4.78, 5) is 0. The monoisotopic (exact) mass is 107 g/mol. The second kappa shape index (κ2) is 4.40. The minimum Gasteiger partial charge on any atom is -0.853 e. The van der Waals surface area contributed by atoms with E-state index in [1.807, 2.05) is 0 Å². The first-order chi connectivity index (χ1) is 3.43.